The van der Waals surface area contributed by atoms with Crippen molar-refractivity contribution in [3.63, 3.8) is 0 Å². The van der Waals surface area contributed by atoms with E-state index in [-0.39, 0.29) is 19.1 Å². The molecule has 0 aliphatic rings. The number of quaternary nitrogens is 1. The van der Waals surface area contributed by atoms with Gasteiger partial charge in [0.1, 0.15) is 13.2 Å². The molecule has 454 valence electrons. The first kappa shape index (κ1) is 75.2. The van der Waals surface area contributed by atoms with Crippen LogP contribution in [0.3, 0.4) is 0 Å². The number of nitrogens with zero attached hydrogens (tertiary/aromatic N) is 1. The average molecular weight is 1100 g/mol. The zero-order valence-corrected chi connectivity index (χ0v) is 52.9. The van der Waals surface area contributed by atoms with Crippen molar-refractivity contribution in [3.8, 4) is 0 Å². The van der Waals surface area contributed by atoms with Crippen LogP contribution in [0, 0.1) is 0 Å². The van der Waals surface area contributed by atoms with Gasteiger partial charge in [0.25, 0.3) is 0 Å². The molecule has 0 aromatic heterocycles. The van der Waals surface area contributed by atoms with E-state index in [1.54, 1.807) is 0 Å². The topological polar surface area (TPSA) is 105 Å². The standard InChI is InChI=1S/C67H135N2O6P/c1-6-8-10-12-14-16-18-20-22-24-26-28-30-31-32-33-34-35-36-37-38-39-41-43-45-47-49-51-53-55-57-59-61-67(71)68-65(64-75-76(72,73)74-63-62-69(3,4)5)66(70)60-58-56-54-52-50-48-46-44-42-40-29-27-25-23-21-19-17-15-13-11-9-7-2/h31-32,65-66,70H,6-30,33-64H2,1-5H3,(H-,68,71,72,73)/p+1/b32-31-. The van der Waals surface area contributed by atoms with Gasteiger partial charge in [0.15, 0.2) is 0 Å². The summed E-state index contributed by atoms with van der Waals surface area (Å²) in [7, 11) is 1.64. The van der Waals surface area contributed by atoms with Gasteiger partial charge in [0.2, 0.25) is 5.91 Å². The number of unbranched alkanes of at least 4 members (excludes halogenated alkanes) is 49. The lowest BCUT2D eigenvalue weighted by atomic mass is 10.0. The fourth-order valence-corrected chi connectivity index (χ4v) is 11.4. The van der Waals surface area contributed by atoms with Crippen molar-refractivity contribution in [2.45, 2.75) is 373 Å². The van der Waals surface area contributed by atoms with Crippen LogP contribution in [0.15, 0.2) is 12.2 Å². The molecule has 0 aromatic rings. The first-order valence-corrected chi connectivity index (χ1v) is 35.5. The Morgan fingerprint density at radius 2 is 0.711 bits per heavy atom. The molecule has 3 atom stereocenters. The molecule has 0 aliphatic heterocycles. The Bertz CT molecular complexity index is 1240. The number of nitrogens with one attached hydrogen (secondary N) is 1. The van der Waals surface area contributed by atoms with Gasteiger partial charge in [-0.15, -0.1) is 0 Å². The number of phosphoric ester groups is 1. The zero-order chi connectivity index (χ0) is 55.6. The van der Waals surface area contributed by atoms with Crippen LogP contribution >= 0.6 is 7.82 Å². The van der Waals surface area contributed by atoms with E-state index >= 15 is 0 Å². The van der Waals surface area contributed by atoms with Crippen LogP contribution in [0.4, 0.5) is 0 Å². The van der Waals surface area contributed by atoms with Crippen molar-refractivity contribution >= 4 is 13.7 Å². The molecule has 0 rings (SSSR count). The molecular weight excluding hydrogens is 960 g/mol. The SMILES string of the molecule is CCCCCCCCCCCCCC/C=C\CCCCCCCCCCCCCCCCCCC(=O)NC(COP(=O)(O)OCC[N+](C)(C)C)C(O)CCCCCCCCCCCCCCCCCCCCCCCC. The van der Waals surface area contributed by atoms with Gasteiger partial charge >= 0.3 is 7.82 Å². The second-order valence-electron chi connectivity index (χ2n) is 24.9. The third kappa shape index (κ3) is 60.9. The molecule has 0 aromatic carbocycles. The molecule has 0 aliphatic carbocycles. The first-order chi connectivity index (χ1) is 37.0. The molecule has 0 radical (unpaired) electrons. The minimum absolute atomic E-state index is 0.0781. The first-order valence-electron chi connectivity index (χ1n) is 34.1. The van der Waals surface area contributed by atoms with E-state index in [4.69, 9.17) is 9.05 Å². The van der Waals surface area contributed by atoms with Crippen LogP contribution in [-0.4, -0.2) is 73.4 Å². The molecule has 0 spiro atoms. The predicted octanol–water partition coefficient (Wildman–Crippen LogP) is 21.3. The highest BCUT2D eigenvalue weighted by Crippen LogP contribution is 2.43. The van der Waals surface area contributed by atoms with E-state index in [9.17, 15) is 19.4 Å². The summed E-state index contributed by atoms with van der Waals surface area (Å²) < 4.78 is 23.9. The highest BCUT2D eigenvalue weighted by molar-refractivity contribution is 7.47. The second kappa shape index (κ2) is 58.9. The summed E-state index contributed by atoms with van der Waals surface area (Å²) in [4.78, 5) is 23.4. The summed E-state index contributed by atoms with van der Waals surface area (Å²) in [6.45, 7) is 4.96. The molecule has 8 nitrogen and oxygen atoms in total. The number of phosphoric acid groups is 1. The highest BCUT2D eigenvalue weighted by atomic mass is 31.2. The average Bonchev–Trinajstić information content (AvgIpc) is 3.38. The monoisotopic (exact) mass is 1100 g/mol. The fraction of sp³-hybridized carbons (Fsp3) is 0.955. The van der Waals surface area contributed by atoms with Crippen molar-refractivity contribution in [3.05, 3.63) is 12.2 Å². The van der Waals surface area contributed by atoms with Crippen molar-refractivity contribution in [2.75, 3.05) is 40.9 Å². The van der Waals surface area contributed by atoms with Crippen molar-refractivity contribution < 1.29 is 32.9 Å². The van der Waals surface area contributed by atoms with E-state index in [0.29, 0.717) is 23.9 Å². The lowest BCUT2D eigenvalue weighted by Crippen LogP contribution is -2.46. The number of rotatable bonds is 64. The molecule has 0 heterocycles. The number of hydrogen-bond acceptors (Lipinski definition) is 5. The number of likely N-dealkylation sites (N-methyl/N-ethyl adjacent to an activating group) is 1. The molecule has 0 saturated heterocycles. The third-order valence-corrected chi connectivity index (χ3v) is 17.0. The smallest absolute Gasteiger partial charge is 0.391 e. The number of aliphatic hydroxyl groups is 1. The maximum Gasteiger partial charge on any atom is 0.472 e. The normalized spacial score (nSPS) is 13.7. The second-order valence-corrected chi connectivity index (χ2v) is 26.4. The highest BCUT2D eigenvalue weighted by Gasteiger charge is 2.28. The van der Waals surface area contributed by atoms with Gasteiger partial charge in [-0.25, -0.2) is 4.57 Å². The molecule has 3 N–H and O–H groups in total. The van der Waals surface area contributed by atoms with Gasteiger partial charge in [-0.05, 0) is 38.5 Å². The molecule has 0 fully saturated rings. The summed E-state index contributed by atoms with van der Waals surface area (Å²) in [5.41, 5.74) is 0. The molecular formula is C67H136N2O6P+. The van der Waals surface area contributed by atoms with E-state index in [1.807, 2.05) is 21.1 Å². The number of carbonyl (C=O) groups is 1. The maximum absolute atomic E-state index is 13.1. The Morgan fingerprint density at radius 3 is 1.01 bits per heavy atom. The van der Waals surface area contributed by atoms with Gasteiger partial charge < -0.3 is 19.8 Å². The van der Waals surface area contributed by atoms with Crippen LogP contribution in [0.2, 0.25) is 0 Å². The van der Waals surface area contributed by atoms with Crippen molar-refractivity contribution in [1.82, 2.24) is 5.32 Å². The summed E-state index contributed by atoms with van der Waals surface area (Å²) in [5.74, 6) is -0.136. The quantitative estimate of drug-likeness (QED) is 0.0243. The Labute approximate surface area is 475 Å². The maximum atomic E-state index is 13.1. The molecule has 1 amide bonds. The number of hydrogen-bond donors (Lipinski definition) is 3. The van der Waals surface area contributed by atoms with E-state index in [1.165, 1.54) is 295 Å². The zero-order valence-electron chi connectivity index (χ0n) is 52.0. The minimum Gasteiger partial charge on any atom is -0.391 e. The van der Waals surface area contributed by atoms with E-state index in [2.05, 4.69) is 31.3 Å². The van der Waals surface area contributed by atoms with Gasteiger partial charge in [-0.1, -0.05) is 328 Å². The van der Waals surface area contributed by atoms with Crippen LogP contribution < -0.4 is 5.32 Å². The molecule has 3 unspecified atom stereocenters. The van der Waals surface area contributed by atoms with Crippen LogP contribution in [0.1, 0.15) is 361 Å². The van der Waals surface area contributed by atoms with E-state index in [0.717, 1.165) is 38.5 Å². The minimum atomic E-state index is -4.32. The van der Waals surface area contributed by atoms with E-state index < -0.39 is 20.0 Å². The summed E-state index contributed by atoms with van der Waals surface area (Å²) >= 11 is 0. The van der Waals surface area contributed by atoms with Gasteiger partial charge in [0.05, 0.1) is 39.9 Å². The lowest BCUT2D eigenvalue weighted by molar-refractivity contribution is -0.870. The third-order valence-electron chi connectivity index (χ3n) is 16.0. The van der Waals surface area contributed by atoms with Crippen LogP contribution in [0.25, 0.3) is 0 Å². The summed E-state index contributed by atoms with van der Waals surface area (Å²) in [6.07, 6.45) is 74.5. The van der Waals surface area contributed by atoms with Crippen molar-refractivity contribution in [2.24, 2.45) is 0 Å². The Morgan fingerprint density at radius 1 is 0.434 bits per heavy atom. The summed E-state index contributed by atoms with van der Waals surface area (Å²) in [5, 5.41) is 14.1. The number of allylic oxidation sites excluding steroid dienone is 2. The Kier molecular flexibility index (Phi) is 58.3. The van der Waals surface area contributed by atoms with Gasteiger partial charge in [-0.2, -0.15) is 0 Å². The molecule has 76 heavy (non-hydrogen) atoms. The predicted molar refractivity (Wildman–Crippen MR) is 332 cm³/mol. The number of aliphatic hydroxyl groups excluding tert-OH is 1. The number of amides is 1. The van der Waals surface area contributed by atoms with Crippen LogP contribution in [0.5, 0.6) is 0 Å². The fourth-order valence-electron chi connectivity index (χ4n) is 10.7. The summed E-state index contributed by atoms with van der Waals surface area (Å²) in [6, 6.07) is -0.758. The largest absolute Gasteiger partial charge is 0.472 e. The number of carbonyl (C=O) groups excluding carboxylic acids is 1. The van der Waals surface area contributed by atoms with Crippen molar-refractivity contribution in [1.29, 1.82) is 0 Å². The van der Waals surface area contributed by atoms with Gasteiger partial charge in [0, 0.05) is 6.42 Å². The molecule has 9 heteroatoms. The Balaban J connectivity index is 3.99. The molecule has 0 saturated carbocycles. The lowest BCUT2D eigenvalue weighted by Gasteiger charge is -2.26. The molecule has 0 bridgehead atoms. The van der Waals surface area contributed by atoms with Crippen LogP contribution in [-0.2, 0) is 18.4 Å². The van der Waals surface area contributed by atoms with Gasteiger partial charge in [-0.3, -0.25) is 13.8 Å². The Hall–Kier alpha value is -0.760.